The summed E-state index contributed by atoms with van der Waals surface area (Å²) in [6, 6.07) is 16.8. The van der Waals surface area contributed by atoms with Crippen LogP contribution in [0.5, 0.6) is 0 Å². The number of halogens is 1. The number of fused-ring (bicyclic) bond motifs is 1. The molecule has 2 aromatic carbocycles. The molecule has 7 heteroatoms. The highest BCUT2D eigenvalue weighted by molar-refractivity contribution is 6.05. The van der Waals surface area contributed by atoms with E-state index >= 15 is 0 Å². The fraction of sp³-hybridized carbons (Fsp3) is 0.269. The van der Waals surface area contributed by atoms with Gasteiger partial charge in [0.05, 0.1) is 17.1 Å². The van der Waals surface area contributed by atoms with E-state index in [1.807, 2.05) is 11.8 Å². The van der Waals surface area contributed by atoms with Crippen molar-refractivity contribution < 1.29 is 9.18 Å². The Labute approximate surface area is 192 Å². The van der Waals surface area contributed by atoms with Gasteiger partial charge in [0.25, 0.3) is 5.91 Å². The topological polar surface area (TPSA) is 54.3 Å². The second-order valence-corrected chi connectivity index (χ2v) is 8.61. The first-order chi connectivity index (χ1) is 16.0. The van der Waals surface area contributed by atoms with Crippen molar-refractivity contribution in [2.45, 2.75) is 20.4 Å². The SMILES string of the molecule is Cc1ccc(CN2CCN(C(=O)c3cc(C)nc4c3cnn4-c3ccccc3F)CC2)cc1. The molecule has 6 nitrogen and oxygen atoms in total. The molecule has 33 heavy (non-hydrogen) atoms. The first-order valence-corrected chi connectivity index (χ1v) is 11.2. The van der Waals surface area contributed by atoms with Crippen LogP contribution in [-0.4, -0.2) is 56.7 Å². The van der Waals surface area contributed by atoms with E-state index in [0.717, 1.165) is 19.6 Å². The van der Waals surface area contributed by atoms with Gasteiger partial charge >= 0.3 is 0 Å². The number of pyridine rings is 1. The lowest BCUT2D eigenvalue weighted by Gasteiger charge is -2.35. The fourth-order valence-electron chi connectivity index (χ4n) is 4.33. The van der Waals surface area contributed by atoms with Gasteiger partial charge in [-0.2, -0.15) is 5.10 Å². The van der Waals surface area contributed by atoms with Crippen molar-refractivity contribution in [1.82, 2.24) is 24.6 Å². The molecule has 3 heterocycles. The number of benzene rings is 2. The number of hydrogen-bond donors (Lipinski definition) is 0. The average Bonchev–Trinajstić information content (AvgIpc) is 3.24. The minimum absolute atomic E-state index is 0.0337. The summed E-state index contributed by atoms with van der Waals surface area (Å²) in [5.41, 5.74) is 4.60. The van der Waals surface area contributed by atoms with E-state index in [1.54, 1.807) is 30.5 Å². The summed E-state index contributed by atoms with van der Waals surface area (Å²) in [6.45, 7) is 7.78. The van der Waals surface area contributed by atoms with E-state index in [1.165, 1.54) is 21.9 Å². The molecule has 1 saturated heterocycles. The number of nitrogens with zero attached hydrogens (tertiary/aromatic N) is 5. The largest absolute Gasteiger partial charge is 0.336 e. The van der Waals surface area contributed by atoms with Crippen molar-refractivity contribution in [2.75, 3.05) is 26.2 Å². The Morgan fingerprint density at radius 3 is 2.45 bits per heavy atom. The molecule has 4 aromatic rings. The predicted octanol–water partition coefficient (Wildman–Crippen LogP) is 4.13. The van der Waals surface area contributed by atoms with E-state index in [2.05, 4.69) is 46.2 Å². The Morgan fingerprint density at radius 1 is 1.00 bits per heavy atom. The minimum Gasteiger partial charge on any atom is -0.336 e. The molecular formula is C26H26FN5O. The highest BCUT2D eigenvalue weighted by Crippen LogP contribution is 2.24. The van der Waals surface area contributed by atoms with Gasteiger partial charge in [0.1, 0.15) is 11.5 Å². The predicted molar refractivity (Wildman–Crippen MR) is 126 cm³/mol. The molecule has 1 aliphatic heterocycles. The van der Waals surface area contributed by atoms with Crippen molar-refractivity contribution in [1.29, 1.82) is 0 Å². The van der Waals surface area contributed by atoms with Crippen LogP contribution in [0, 0.1) is 19.7 Å². The third kappa shape index (κ3) is 4.24. The maximum Gasteiger partial charge on any atom is 0.254 e. The number of amides is 1. The monoisotopic (exact) mass is 443 g/mol. The molecule has 0 aliphatic carbocycles. The highest BCUT2D eigenvalue weighted by Gasteiger charge is 2.25. The zero-order valence-electron chi connectivity index (χ0n) is 18.8. The molecule has 168 valence electrons. The Hall–Kier alpha value is -3.58. The van der Waals surface area contributed by atoms with Gasteiger partial charge in [-0.05, 0) is 37.6 Å². The molecule has 0 bridgehead atoms. The number of aryl methyl sites for hydroxylation is 2. The van der Waals surface area contributed by atoms with Crippen LogP contribution in [0.25, 0.3) is 16.7 Å². The van der Waals surface area contributed by atoms with E-state index < -0.39 is 0 Å². The normalized spacial score (nSPS) is 14.7. The van der Waals surface area contributed by atoms with E-state index in [4.69, 9.17) is 0 Å². The second-order valence-electron chi connectivity index (χ2n) is 8.61. The van der Waals surface area contributed by atoms with Gasteiger partial charge in [0, 0.05) is 38.4 Å². The second kappa shape index (κ2) is 8.75. The van der Waals surface area contributed by atoms with Gasteiger partial charge in [0.15, 0.2) is 5.65 Å². The average molecular weight is 444 g/mol. The van der Waals surface area contributed by atoms with Crippen LogP contribution in [0.2, 0.25) is 0 Å². The lowest BCUT2D eigenvalue weighted by Crippen LogP contribution is -2.48. The van der Waals surface area contributed by atoms with E-state index in [9.17, 15) is 9.18 Å². The van der Waals surface area contributed by atoms with Gasteiger partial charge in [-0.25, -0.2) is 14.1 Å². The van der Waals surface area contributed by atoms with Crippen LogP contribution in [0.15, 0.2) is 60.8 Å². The molecule has 0 radical (unpaired) electrons. The molecule has 0 unspecified atom stereocenters. The van der Waals surface area contributed by atoms with Gasteiger partial charge < -0.3 is 4.90 Å². The third-order valence-electron chi connectivity index (χ3n) is 6.17. The highest BCUT2D eigenvalue weighted by atomic mass is 19.1. The summed E-state index contributed by atoms with van der Waals surface area (Å²) < 4.78 is 15.8. The van der Waals surface area contributed by atoms with Crippen molar-refractivity contribution in [3.8, 4) is 5.69 Å². The van der Waals surface area contributed by atoms with E-state index in [-0.39, 0.29) is 11.7 Å². The molecule has 5 rings (SSSR count). The Kier molecular flexibility index (Phi) is 5.64. The van der Waals surface area contributed by atoms with Gasteiger partial charge in [-0.15, -0.1) is 0 Å². The first-order valence-electron chi connectivity index (χ1n) is 11.2. The molecule has 0 N–H and O–H groups in total. The number of carbonyl (C=O) groups excluding carboxylic acids is 1. The smallest absolute Gasteiger partial charge is 0.254 e. The number of hydrogen-bond acceptors (Lipinski definition) is 4. The minimum atomic E-state index is -0.386. The number of para-hydroxylation sites is 1. The Bertz CT molecular complexity index is 1310. The molecule has 2 aromatic heterocycles. The van der Waals surface area contributed by atoms with Crippen LogP contribution < -0.4 is 0 Å². The summed E-state index contributed by atoms with van der Waals surface area (Å²) in [7, 11) is 0. The van der Waals surface area contributed by atoms with Gasteiger partial charge in [-0.3, -0.25) is 9.69 Å². The lowest BCUT2D eigenvalue weighted by atomic mass is 10.1. The molecule has 1 fully saturated rings. The van der Waals surface area contributed by atoms with Crippen LogP contribution in [0.1, 0.15) is 27.2 Å². The van der Waals surface area contributed by atoms with Gasteiger partial charge in [0.2, 0.25) is 0 Å². The lowest BCUT2D eigenvalue weighted by molar-refractivity contribution is 0.0630. The summed E-state index contributed by atoms with van der Waals surface area (Å²) in [5, 5.41) is 4.99. The summed E-state index contributed by atoms with van der Waals surface area (Å²) in [4.78, 5) is 22.3. The number of piperazine rings is 1. The number of carbonyl (C=O) groups is 1. The van der Waals surface area contributed by atoms with Crippen molar-refractivity contribution in [3.05, 3.63) is 89.0 Å². The quantitative estimate of drug-likeness (QED) is 0.476. The zero-order chi connectivity index (χ0) is 22.9. The van der Waals surface area contributed by atoms with Crippen molar-refractivity contribution in [2.24, 2.45) is 0 Å². The maximum absolute atomic E-state index is 14.4. The van der Waals surface area contributed by atoms with Crippen LogP contribution in [-0.2, 0) is 6.54 Å². The van der Waals surface area contributed by atoms with Crippen LogP contribution in [0.4, 0.5) is 4.39 Å². The summed E-state index contributed by atoms with van der Waals surface area (Å²) in [5.74, 6) is -0.419. The van der Waals surface area contributed by atoms with Crippen molar-refractivity contribution >= 4 is 16.9 Å². The molecule has 1 amide bonds. The van der Waals surface area contributed by atoms with Gasteiger partial charge in [-0.1, -0.05) is 42.0 Å². The summed E-state index contributed by atoms with van der Waals surface area (Å²) >= 11 is 0. The van der Waals surface area contributed by atoms with E-state index in [0.29, 0.717) is 41.1 Å². The third-order valence-corrected chi connectivity index (χ3v) is 6.17. The summed E-state index contributed by atoms with van der Waals surface area (Å²) in [6.07, 6.45) is 1.61. The zero-order valence-corrected chi connectivity index (χ0v) is 18.8. The molecule has 0 atom stereocenters. The maximum atomic E-state index is 14.4. The molecule has 0 spiro atoms. The molecule has 1 aliphatic rings. The number of rotatable bonds is 4. The van der Waals surface area contributed by atoms with Crippen LogP contribution in [0.3, 0.4) is 0 Å². The molecular weight excluding hydrogens is 417 g/mol. The standard InChI is InChI=1S/C26H26FN5O/c1-18-7-9-20(10-8-18)17-30-11-13-31(14-12-30)26(33)21-15-19(2)29-25-22(21)16-28-32(25)24-6-4-3-5-23(24)27/h3-10,15-16H,11-14,17H2,1-2H3. The Balaban J connectivity index is 1.36. The van der Waals surface area contributed by atoms with Crippen LogP contribution >= 0.6 is 0 Å². The fourth-order valence-corrected chi connectivity index (χ4v) is 4.33. The molecule has 0 saturated carbocycles. The van der Waals surface area contributed by atoms with Crippen molar-refractivity contribution in [3.63, 3.8) is 0 Å². The first kappa shape index (κ1) is 21.3. The Morgan fingerprint density at radius 2 is 1.73 bits per heavy atom. The number of aromatic nitrogens is 3.